The molecule has 0 saturated heterocycles. The summed E-state index contributed by atoms with van der Waals surface area (Å²) < 4.78 is 8.69. The van der Waals surface area contributed by atoms with Crippen LogP contribution in [0.25, 0.3) is 0 Å². The zero-order valence-corrected chi connectivity index (χ0v) is 12.6. The summed E-state index contributed by atoms with van der Waals surface area (Å²) in [7, 11) is 3.43. The molecular formula is C14H20N4O2. The molecule has 2 heterocycles. The third-order valence-electron chi connectivity index (χ3n) is 3.59. The van der Waals surface area contributed by atoms with E-state index in [1.807, 2.05) is 27.8 Å². The first-order chi connectivity index (χ1) is 9.49. The monoisotopic (exact) mass is 276 g/mol. The van der Waals surface area contributed by atoms with Crippen molar-refractivity contribution in [1.82, 2.24) is 19.6 Å². The third-order valence-corrected chi connectivity index (χ3v) is 3.59. The highest BCUT2D eigenvalue weighted by atomic mass is 16.5. The number of carbonyl (C=O) groups excluding carboxylic acids is 1. The molecule has 0 unspecified atom stereocenters. The van der Waals surface area contributed by atoms with Gasteiger partial charge in [-0.15, -0.1) is 0 Å². The molecule has 6 heteroatoms. The van der Waals surface area contributed by atoms with E-state index in [0.29, 0.717) is 24.4 Å². The first-order valence-electron chi connectivity index (χ1n) is 6.61. The number of ether oxygens (including phenoxy) is 1. The number of ketones is 1. The van der Waals surface area contributed by atoms with E-state index in [9.17, 15) is 4.79 Å². The Labute approximate surface area is 118 Å². The summed E-state index contributed by atoms with van der Waals surface area (Å²) in [5.74, 6) is 0.524. The van der Waals surface area contributed by atoms with Crippen LogP contribution in [0.3, 0.4) is 0 Å². The van der Waals surface area contributed by atoms with Gasteiger partial charge in [0.1, 0.15) is 5.69 Å². The van der Waals surface area contributed by atoms with Gasteiger partial charge in [0.25, 0.3) is 0 Å². The molecule has 2 aromatic rings. The number of carbonyl (C=O) groups is 1. The molecule has 0 aliphatic rings. The van der Waals surface area contributed by atoms with Crippen LogP contribution in [0.2, 0.25) is 0 Å². The second kappa shape index (κ2) is 5.48. The summed E-state index contributed by atoms with van der Waals surface area (Å²) in [5, 5.41) is 8.51. The molecule has 0 bridgehead atoms. The lowest BCUT2D eigenvalue weighted by molar-refractivity contribution is 0.0979. The van der Waals surface area contributed by atoms with Crippen molar-refractivity contribution < 1.29 is 9.53 Å². The summed E-state index contributed by atoms with van der Waals surface area (Å²) in [4.78, 5) is 12.6. The number of hydrogen-bond acceptors (Lipinski definition) is 4. The van der Waals surface area contributed by atoms with Crippen molar-refractivity contribution in [2.24, 2.45) is 7.05 Å². The predicted molar refractivity (Wildman–Crippen MR) is 75.2 cm³/mol. The van der Waals surface area contributed by atoms with Crippen LogP contribution in [0.15, 0.2) is 6.20 Å². The smallest absolute Gasteiger partial charge is 0.189 e. The SMILES string of the molecule is CCn1ncc(OC)c1C(=O)Cc1c(C)nn(C)c1C. The Balaban J connectivity index is 2.35. The summed E-state index contributed by atoms with van der Waals surface area (Å²) in [6, 6.07) is 0. The fraction of sp³-hybridized carbons (Fsp3) is 0.500. The van der Waals surface area contributed by atoms with Crippen molar-refractivity contribution >= 4 is 5.78 Å². The molecule has 2 aromatic heterocycles. The first-order valence-corrected chi connectivity index (χ1v) is 6.61. The number of methoxy groups -OCH3 is 1. The van der Waals surface area contributed by atoms with Crippen LogP contribution in [0, 0.1) is 13.8 Å². The van der Waals surface area contributed by atoms with Crippen LogP contribution in [-0.2, 0) is 20.0 Å². The van der Waals surface area contributed by atoms with Gasteiger partial charge in [-0.25, -0.2) is 0 Å². The van der Waals surface area contributed by atoms with E-state index in [4.69, 9.17) is 4.74 Å². The van der Waals surface area contributed by atoms with E-state index in [1.54, 1.807) is 22.7 Å². The molecule has 0 aromatic carbocycles. The lowest BCUT2D eigenvalue weighted by atomic mass is 10.0. The van der Waals surface area contributed by atoms with Crippen molar-refractivity contribution in [3.63, 3.8) is 0 Å². The highest BCUT2D eigenvalue weighted by molar-refractivity contribution is 5.98. The molecule has 0 fully saturated rings. The predicted octanol–water partition coefficient (Wildman–Crippen LogP) is 1.69. The fourth-order valence-corrected chi connectivity index (χ4v) is 2.36. The first kappa shape index (κ1) is 14.3. The maximum atomic E-state index is 12.6. The van der Waals surface area contributed by atoms with E-state index in [-0.39, 0.29) is 5.78 Å². The lowest BCUT2D eigenvalue weighted by Crippen LogP contribution is -2.13. The summed E-state index contributed by atoms with van der Waals surface area (Å²) in [6.45, 7) is 6.47. The number of Topliss-reactive ketones (excluding diaryl/α,β-unsaturated/α-hetero) is 1. The number of rotatable bonds is 5. The molecule has 0 spiro atoms. The average molecular weight is 276 g/mol. The molecule has 0 atom stereocenters. The van der Waals surface area contributed by atoms with Gasteiger partial charge in [-0.2, -0.15) is 10.2 Å². The Morgan fingerprint density at radius 1 is 1.40 bits per heavy atom. The van der Waals surface area contributed by atoms with Crippen LogP contribution in [-0.4, -0.2) is 32.5 Å². The molecule has 6 nitrogen and oxygen atoms in total. The van der Waals surface area contributed by atoms with Crippen LogP contribution >= 0.6 is 0 Å². The largest absolute Gasteiger partial charge is 0.493 e. The summed E-state index contributed by atoms with van der Waals surface area (Å²) in [6.07, 6.45) is 1.90. The maximum Gasteiger partial charge on any atom is 0.189 e. The molecule has 0 aliphatic heterocycles. The summed E-state index contributed by atoms with van der Waals surface area (Å²) >= 11 is 0. The van der Waals surface area contributed by atoms with Gasteiger partial charge in [-0.3, -0.25) is 14.2 Å². The van der Waals surface area contributed by atoms with Crippen molar-refractivity contribution in [2.75, 3.05) is 7.11 Å². The molecule has 108 valence electrons. The minimum absolute atomic E-state index is 0.000370. The fourth-order valence-electron chi connectivity index (χ4n) is 2.36. The molecule has 0 N–H and O–H groups in total. The van der Waals surface area contributed by atoms with Crippen molar-refractivity contribution in [1.29, 1.82) is 0 Å². The molecule has 2 rings (SSSR count). The van der Waals surface area contributed by atoms with Crippen LogP contribution in [0.5, 0.6) is 5.75 Å². The Morgan fingerprint density at radius 3 is 2.60 bits per heavy atom. The standard InChI is InChI=1S/C14H20N4O2/c1-6-18-14(13(20-5)8-15-18)12(19)7-11-9(2)16-17(4)10(11)3/h8H,6-7H2,1-5H3. The molecule has 0 radical (unpaired) electrons. The van der Waals surface area contributed by atoms with E-state index >= 15 is 0 Å². The third kappa shape index (κ3) is 2.33. The molecular weight excluding hydrogens is 256 g/mol. The topological polar surface area (TPSA) is 61.9 Å². The van der Waals surface area contributed by atoms with Crippen LogP contribution in [0.1, 0.15) is 34.4 Å². The summed E-state index contributed by atoms with van der Waals surface area (Å²) in [5.41, 5.74) is 3.40. The zero-order chi connectivity index (χ0) is 14.9. The minimum atomic E-state index is 0.000370. The highest BCUT2D eigenvalue weighted by Gasteiger charge is 2.21. The highest BCUT2D eigenvalue weighted by Crippen LogP contribution is 2.21. The van der Waals surface area contributed by atoms with Gasteiger partial charge in [0.2, 0.25) is 0 Å². The molecule has 20 heavy (non-hydrogen) atoms. The molecule has 0 amide bonds. The number of aryl methyl sites for hydroxylation is 3. The Morgan fingerprint density at radius 2 is 2.10 bits per heavy atom. The van der Waals surface area contributed by atoms with Crippen molar-refractivity contribution in [3.05, 3.63) is 28.8 Å². The van der Waals surface area contributed by atoms with Crippen LogP contribution in [0.4, 0.5) is 0 Å². The van der Waals surface area contributed by atoms with Gasteiger partial charge in [0.15, 0.2) is 11.5 Å². The van der Waals surface area contributed by atoms with Crippen molar-refractivity contribution in [2.45, 2.75) is 33.7 Å². The van der Waals surface area contributed by atoms with Gasteiger partial charge < -0.3 is 4.74 Å². The van der Waals surface area contributed by atoms with Crippen LogP contribution < -0.4 is 4.74 Å². The zero-order valence-electron chi connectivity index (χ0n) is 12.6. The van der Waals surface area contributed by atoms with E-state index in [2.05, 4.69) is 10.2 Å². The minimum Gasteiger partial charge on any atom is -0.493 e. The van der Waals surface area contributed by atoms with Gasteiger partial charge in [-0.1, -0.05) is 0 Å². The Bertz CT molecular complexity index is 618. The lowest BCUT2D eigenvalue weighted by Gasteiger charge is -2.07. The van der Waals surface area contributed by atoms with E-state index in [1.165, 1.54) is 0 Å². The van der Waals surface area contributed by atoms with Gasteiger partial charge >= 0.3 is 0 Å². The Hall–Kier alpha value is -2.11. The normalized spacial score (nSPS) is 10.8. The maximum absolute atomic E-state index is 12.6. The molecule has 0 saturated carbocycles. The number of nitrogens with zero attached hydrogens (tertiary/aromatic N) is 4. The van der Waals surface area contributed by atoms with Gasteiger partial charge in [0.05, 0.1) is 19.0 Å². The number of hydrogen-bond donors (Lipinski definition) is 0. The van der Waals surface area contributed by atoms with Gasteiger partial charge in [0, 0.05) is 31.3 Å². The van der Waals surface area contributed by atoms with E-state index < -0.39 is 0 Å². The quantitative estimate of drug-likeness (QED) is 0.780. The second-order valence-electron chi connectivity index (χ2n) is 4.75. The average Bonchev–Trinajstić information content (AvgIpc) is 2.95. The van der Waals surface area contributed by atoms with Gasteiger partial charge in [-0.05, 0) is 20.8 Å². The number of aromatic nitrogens is 4. The second-order valence-corrected chi connectivity index (χ2v) is 4.75. The Kier molecular flexibility index (Phi) is 3.92. The molecule has 0 aliphatic carbocycles. The van der Waals surface area contributed by atoms with E-state index in [0.717, 1.165) is 17.0 Å². The van der Waals surface area contributed by atoms with Crippen molar-refractivity contribution in [3.8, 4) is 5.75 Å².